The fourth-order valence-electron chi connectivity index (χ4n) is 0.524. The summed E-state index contributed by atoms with van der Waals surface area (Å²) in [6.45, 7) is 3.32. The topological polar surface area (TPSA) is 63.4 Å². The Morgan fingerprint density at radius 3 is 2.45 bits per heavy atom. The molecule has 0 aromatic rings. The number of imide groups is 1. The third-order valence-electron chi connectivity index (χ3n) is 1.01. The number of urea groups is 1. The Kier molecular flexibility index (Phi) is 4.29. The van der Waals surface area contributed by atoms with E-state index in [1.807, 2.05) is 0 Å². The van der Waals surface area contributed by atoms with Gasteiger partial charge in [0.05, 0.1) is 0 Å². The summed E-state index contributed by atoms with van der Waals surface area (Å²) in [5, 5.41) is 0. The summed E-state index contributed by atoms with van der Waals surface area (Å²) in [5.74, 6) is -0.360. The van der Waals surface area contributed by atoms with Crippen molar-refractivity contribution in [3.8, 4) is 0 Å². The Labute approximate surface area is 69.6 Å². The highest BCUT2D eigenvalue weighted by molar-refractivity contribution is 6.18. The van der Waals surface area contributed by atoms with Gasteiger partial charge in [-0.1, -0.05) is 6.58 Å². The fraction of sp³-hybridized carbons (Fsp3) is 0.333. The van der Waals surface area contributed by atoms with Gasteiger partial charge in [0.1, 0.15) is 0 Å². The normalized spacial score (nSPS) is 8.82. The van der Waals surface area contributed by atoms with Gasteiger partial charge in [-0.25, -0.2) is 4.79 Å². The summed E-state index contributed by atoms with van der Waals surface area (Å²) < 4.78 is 0. The lowest BCUT2D eigenvalue weighted by molar-refractivity contribution is -0.122. The monoisotopic (exact) mass is 176 g/mol. The van der Waals surface area contributed by atoms with Crippen molar-refractivity contribution in [3.63, 3.8) is 0 Å². The first-order valence-corrected chi connectivity index (χ1v) is 3.46. The van der Waals surface area contributed by atoms with Gasteiger partial charge < -0.3 is 5.73 Å². The molecule has 4 nitrogen and oxygen atoms in total. The molecule has 62 valence electrons. The van der Waals surface area contributed by atoms with Crippen LogP contribution in [-0.4, -0.2) is 29.3 Å². The van der Waals surface area contributed by atoms with Crippen LogP contribution in [-0.2, 0) is 4.79 Å². The molecule has 0 aliphatic carbocycles. The van der Waals surface area contributed by atoms with E-state index in [4.69, 9.17) is 17.3 Å². The standard InChI is InChI=1S/C6H9ClN2O2/c1-2-5(10)9(4-3-7)6(8)11/h2H,1,3-4H2,(H2,8,11). The van der Waals surface area contributed by atoms with Crippen LogP contribution >= 0.6 is 11.6 Å². The summed E-state index contributed by atoms with van der Waals surface area (Å²) in [4.78, 5) is 22.1. The first kappa shape index (κ1) is 9.97. The molecule has 0 fully saturated rings. The van der Waals surface area contributed by atoms with E-state index < -0.39 is 11.9 Å². The van der Waals surface area contributed by atoms with Gasteiger partial charge in [0, 0.05) is 12.4 Å². The summed E-state index contributed by atoms with van der Waals surface area (Å²) in [6.07, 6.45) is 1.01. The van der Waals surface area contributed by atoms with Crippen LogP contribution in [0.15, 0.2) is 12.7 Å². The number of amides is 3. The van der Waals surface area contributed by atoms with E-state index >= 15 is 0 Å². The lowest BCUT2D eigenvalue weighted by atomic mass is 10.5. The summed E-state index contributed by atoms with van der Waals surface area (Å²) in [5.41, 5.74) is 4.86. The number of halogens is 1. The van der Waals surface area contributed by atoms with Gasteiger partial charge in [-0.05, 0) is 6.08 Å². The van der Waals surface area contributed by atoms with Gasteiger partial charge in [-0.3, -0.25) is 9.69 Å². The molecule has 2 N–H and O–H groups in total. The molecule has 0 spiro atoms. The predicted molar refractivity (Wildman–Crippen MR) is 42.2 cm³/mol. The number of nitrogens with two attached hydrogens (primary N) is 1. The van der Waals surface area contributed by atoms with Crippen molar-refractivity contribution in [3.05, 3.63) is 12.7 Å². The molecule has 0 bridgehead atoms. The van der Waals surface area contributed by atoms with E-state index in [9.17, 15) is 9.59 Å². The summed E-state index contributed by atoms with van der Waals surface area (Å²) in [6, 6.07) is -0.810. The molecule has 0 atom stereocenters. The van der Waals surface area contributed by atoms with Crippen molar-refractivity contribution in [2.24, 2.45) is 5.73 Å². The molecule has 11 heavy (non-hydrogen) atoms. The van der Waals surface area contributed by atoms with Crippen LogP contribution in [0.25, 0.3) is 0 Å². The van der Waals surface area contributed by atoms with Crippen molar-refractivity contribution in [1.29, 1.82) is 0 Å². The maximum absolute atomic E-state index is 10.8. The molecule has 0 aromatic heterocycles. The zero-order chi connectivity index (χ0) is 8.85. The first-order valence-electron chi connectivity index (χ1n) is 2.92. The van der Waals surface area contributed by atoms with Crippen LogP contribution in [0.5, 0.6) is 0 Å². The minimum Gasteiger partial charge on any atom is -0.351 e. The number of carbonyl (C=O) groups is 2. The van der Waals surface area contributed by atoms with Gasteiger partial charge in [-0.15, -0.1) is 11.6 Å². The molecule has 0 unspecified atom stereocenters. The van der Waals surface area contributed by atoms with E-state index in [0.717, 1.165) is 11.0 Å². The maximum atomic E-state index is 10.8. The number of hydrogen-bond donors (Lipinski definition) is 1. The van der Waals surface area contributed by atoms with Gasteiger partial charge in [0.25, 0.3) is 5.91 Å². The van der Waals surface area contributed by atoms with Crippen molar-refractivity contribution in [2.45, 2.75) is 0 Å². The Morgan fingerprint density at radius 2 is 2.18 bits per heavy atom. The Balaban J connectivity index is 4.20. The van der Waals surface area contributed by atoms with Crippen LogP contribution < -0.4 is 5.73 Å². The van der Waals surface area contributed by atoms with Gasteiger partial charge in [0.2, 0.25) is 0 Å². The molecule has 0 aromatic carbocycles. The highest BCUT2D eigenvalue weighted by atomic mass is 35.5. The third kappa shape index (κ3) is 3.04. The van der Waals surface area contributed by atoms with Gasteiger partial charge >= 0.3 is 6.03 Å². The second-order valence-electron chi connectivity index (χ2n) is 1.72. The van der Waals surface area contributed by atoms with Gasteiger partial charge in [-0.2, -0.15) is 0 Å². The molecule has 0 aliphatic heterocycles. The molecular formula is C6H9ClN2O2. The van der Waals surface area contributed by atoms with Crippen molar-refractivity contribution in [2.75, 3.05) is 12.4 Å². The number of carbonyl (C=O) groups excluding carboxylic acids is 2. The fourth-order valence-corrected chi connectivity index (χ4v) is 0.693. The third-order valence-corrected chi connectivity index (χ3v) is 1.18. The predicted octanol–water partition coefficient (Wildman–Crippen LogP) is 0.319. The smallest absolute Gasteiger partial charge is 0.321 e. The Bertz CT molecular complexity index is 181. The number of primary amides is 1. The molecular weight excluding hydrogens is 168 g/mol. The number of alkyl halides is 1. The van der Waals surface area contributed by atoms with Crippen LogP contribution in [0.2, 0.25) is 0 Å². The maximum Gasteiger partial charge on any atom is 0.321 e. The molecule has 3 amide bonds. The van der Waals surface area contributed by atoms with Crippen molar-refractivity contribution in [1.82, 2.24) is 4.90 Å². The number of hydrogen-bond acceptors (Lipinski definition) is 2. The Hall–Kier alpha value is -1.03. The minimum absolute atomic E-state index is 0.113. The second kappa shape index (κ2) is 4.73. The van der Waals surface area contributed by atoms with Crippen LogP contribution in [0.3, 0.4) is 0 Å². The van der Waals surface area contributed by atoms with Crippen LogP contribution in [0, 0.1) is 0 Å². The molecule has 0 saturated carbocycles. The average Bonchev–Trinajstić information content (AvgIpc) is 1.98. The van der Waals surface area contributed by atoms with Crippen molar-refractivity contribution < 1.29 is 9.59 Å². The summed E-state index contributed by atoms with van der Waals surface area (Å²) in [7, 11) is 0. The number of rotatable bonds is 3. The van der Waals surface area contributed by atoms with E-state index in [1.54, 1.807) is 0 Å². The molecule has 0 heterocycles. The number of nitrogens with zero attached hydrogens (tertiary/aromatic N) is 1. The molecule has 0 aliphatic rings. The highest BCUT2D eigenvalue weighted by Crippen LogP contribution is 1.91. The van der Waals surface area contributed by atoms with E-state index in [1.165, 1.54) is 0 Å². The molecule has 0 saturated heterocycles. The summed E-state index contributed by atoms with van der Waals surface area (Å²) >= 11 is 5.31. The quantitative estimate of drug-likeness (QED) is 0.497. The van der Waals surface area contributed by atoms with Crippen LogP contribution in [0.4, 0.5) is 4.79 Å². The second-order valence-corrected chi connectivity index (χ2v) is 2.10. The first-order chi connectivity index (χ1) is 5.13. The molecule has 0 radical (unpaired) electrons. The van der Waals surface area contributed by atoms with E-state index in [0.29, 0.717) is 0 Å². The average molecular weight is 177 g/mol. The van der Waals surface area contributed by atoms with E-state index in [2.05, 4.69) is 6.58 Å². The zero-order valence-electron chi connectivity index (χ0n) is 5.92. The van der Waals surface area contributed by atoms with Crippen LogP contribution in [0.1, 0.15) is 0 Å². The zero-order valence-corrected chi connectivity index (χ0v) is 6.67. The minimum atomic E-state index is -0.810. The molecule has 0 rings (SSSR count). The highest BCUT2D eigenvalue weighted by Gasteiger charge is 2.13. The molecule has 5 heteroatoms. The van der Waals surface area contributed by atoms with E-state index in [-0.39, 0.29) is 12.4 Å². The van der Waals surface area contributed by atoms with Gasteiger partial charge in [0.15, 0.2) is 0 Å². The largest absolute Gasteiger partial charge is 0.351 e. The van der Waals surface area contributed by atoms with Crippen molar-refractivity contribution >= 4 is 23.5 Å². The SMILES string of the molecule is C=CC(=O)N(CCCl)C(N)=O. The lowest BCUT2D eigenvalue weighted by Gasteiger charge is -2.13. The lowest BCUT2D eigenvalue weighted by Crippen LogP contribution is -2.40. The Morgan fingerprint density at radius 1 is 1.64 bits per heavy atom.